The predicted molar refractivity (Wildman–Crippen MR) is 59.1 cm³/mol. The molecule has 1 rings (SSSR count). The molecule has 4 nitrogen and oxygen atoms in total. The Balaban J connectivity index is 2.94. The molecule has 0 radical (unpaired) electrons. The Kier molecular flexibility index (Phi) is 3.85. The van der Waals surface area contributed by atoms with Gasteiger partial charge in [-0.2, -0.15) is 0 Å². The quantitative estimate of drug-likeness (QED) is 0.449. The van der Waals surface area contributed by atoms with E-state index in [4.69, 9.17) is 0 Å². The first-order valence-corrected chi connectivity index (χ1v) is 5.31. The lowest BCUT2D eigenvalue weighted by atomic mass is 10.3. The van der Waals surface area contributed by atoms with Gasteiger partial charge in [-0.3, -0.25) is 14.9 Å². The van der Waals surface area contributed by atoms with Crippen molar-refractivity contribution in [3.8, 4) is 0 Å². The average molecular weight is 225 g/mol. The number of benzene rings is 1. The van der Waals surface area contributed by atoms with E-state index in [-0.39, 0.29) is 16.7 Å². The normalized spacial score (nSPS) is 12.1. The first-order chi connectivity index (χ1) is 7.02. The van der Waals surface area contributed by atoms with Crippen molar-refractivity contribution in [1.82, 2.24) is 0 Å². The molecule has 1 unspecified atom stereocenters. The lowest BCUT2D eigenvalue weighted by Gasteiger charge is -2.06. The molecule has 0 saturated carbocycles. The third kappa shape index (κ3) is 3.06. The predicted octanol–water partition coefficient (Wildman–Crippen LogP) is 2.66. The van der Waals surface area contributed by atoms with Crippen molar-refractivity contribution >= 4 is 23.2 Å². The third-order valence-electron chi connectivity index (χ3n) is 1.94. The van der Waals surface area contributed by atoms with Crippen LogP contribution in [-0.4, -0.2) is 16.0 Å². The summed E-state index contributed by atoms with van der Waals surface area (Å²) in [5.41, 5.74) is 0.0515. The molecular weight excluding hydrogens is 214 g/mol. The van der Waals surface area contributed by atoms with Crippen LogP contribution in [0.2, 0.25) is 0 Å². The molecule has 0 amide bonds. The fourth-order valence-electron chi connectivity index (χ4n) is 0.981. The van der Waals surface area contributed by atoms with Crippen molar-refractivity contribution in [3.05, 3.63) is 34.4 Å². The highest BCUT2D eigenvalue weighted by Gasteiger charge is 2.17. The van der Waals surface area contributed by atoms with E-state index in [0.717, 1.165) is 0 Å². The van der Waals surface area contributed by atoms with Crippen LogP contribution in [0, 0.1) is 10.1 Å². The number of Topliss-reactive ketones (excluding diaryl/α,β-unsaturated/α-hetero) is 1. The van der Waals surface area contributed by atoms with Gasteiger partial charge < -0.3 is 0 Å². The summed E-state index contributed by atoms with van der Waals surface area (Å²) >= 11 is 1.22. The second-order valence-corrected chi connectivity index (χ2v) is 4.48. The van der Waals surface area contributed by atoms with Gasteiger partial charge in [0.25, 0.3) is 5.69 Å². The summed E-state index contributed by atoms with van der Waals surface area (Å²) in [4.78, 5) is 21.8. The van der Waals surface area contributed by atoms with E-state index >= 15 is 0 Å². The van der Waals surface area contributed by atoms with Crippen molar-refractivity contribution in [2.24, 2.45) is 0 Å². The van der Waals surface area contributed by atoms with E-state index in [0.29, 0.717) is 4.90 Å². The molecule has 0 N–H and O–H groups in total. The number of para-hydroxylation sites is 1. The minimum atomic E-state index is -0.435. The first-order valence-electron chi connectivity index (χ1n) is 4.43. The van der Waals surface area contributed by atoms with E-state index in [1.165, 1.54) is 24.8 Å². The summed E-state index contributed by atoms with van der Waals surface area (Å²) in [6, 6.07) is 6.43. The Labute approximate surface area is 91.8 Å². The van der Waals surface area contributed by atoms with Gasteiger partial charge in [0.1, 0.15) is 5.78 Å². The van der Waals surface area contributed by atoms with Crippen LogP contribution in [0.4, 0.5) is 5.69 Å². The number of thioether (sulfide) groups is 1. The maximum atomic E-state index is 11.0. The zero-order valence-corrected chi connectivity index (χ0v) is 9.28. The van der Waals surface area contributed by atoms with Gasteiger partial charge in [-0.25, -0.2) is 0 Å². The number of nitrogens with zero attached hydrogens (tertiary/aromatic N) is 1. The molecule has 0 aromatic heterocycles. The largest absolute Gasteiger partial charge is 0.299 e. The maximum Gasteiger partial charge on any atom is 0.282 e. The van der Waals surface area contributed by atoms with Gasteiger partial charge in [0.2, 0.25) is 0 Å². The maximum absolute atomic E-state index is 11.0. The van der Waals surface area contributed by atoms with E-state index in [1.54, 1.807) is 25.1 Å². The molecule has 0 aliphatic carbocycles. The lowest BCUT2D eigenvalue weighted by molar-refractivity contribution is -0.387. The first kappa shape index (κ1) is 11.7. The third-order valence-corrected chi connectivity index (χ3v) is 3.22. The molecule has 5 heteroatoms. The Hall–Kier alpha value is -1.36. The number of carbonyl (C=O) groups is 1. The number of hydrogen-bond donors (Lipinski definition) is 0. The van der Waals surface area contributed by atoms with Gasteiger partial charge in [0, 0.05) is 6.07 Å². The molecule has 1 aromatic rings. The van der Waals surface area contributed by atoms with Crippen molar-refractivity contribution in [2.75, 3.05) is 0 Å². The van der Waals surface area contributed by atoms with E-state index in [9.17, 15) is 14.9 Å². The summed E-state index contributed by atoms with van der Waals surface area (Å²) in [6.45, 7) is 3.22. The van der Waals surface area contributed by atoms with Crippen molar-refractivity contribution in [2.45, 2.75) is 24.0 Å². The van der Waals surface area contributed by atoms with Gasteiger partial charge in [-0.05, 0) is 19.9 Å². The number of nitro benzene ring substituents is 1. The summed E-state index contributed by atoms with van der Waals surface area (Å²) in [5, 5.41) is 10.4. The molecular formula is C10H11NO3S. The number of hydrogen-bond acceptors (Lipinski definition) is 4. The fraction of sp³-hybridized carbons (Fsp3) is 0.300. The average Bonchev–Trinajstić information content (AvgIpc) is 2.18. The van der Waals surface area contributed by atoms with Crippen LogP contribution < -0.4 is 0 Å². The van der Waals surface area contributed by atoms with Crippen LogP contribution in [0.5, 0.6) is 0 Å². The van der Waals surface area contributed by atoms with Crippen molar-refractivity contribution < 1.29 is 9.72 Å². The highest BCUT2D eigenvalue weighted by molar-refractivity contribution is 8.00. The summed E-state index contributed by atoms with van der Waals surface area (Å²) < 4.78 is 0. The van der Waals surface area contributed by atoms with Crippen molar-refractivity contribution in [1.29, 1.82) is 0 Å². The van der Waals surface area contributed by atoms with Crippen LogP contribution in [0.25, 0.3) is 0 Å². The van der Waals surface area contributed by atoms with Crippen LogP contribution >= 0.6 is 11.8 Å². The van der Waals surface area contributed by atoms with E-state index < -0.39 is 4.92 Å². The van der Waals surface area contributed by atoms with Gasteiger partial charge >= 0.3 is 0 Å². The second-order valence-electron chi connectivity index (χ2n) is 3.10. The number of carbonyl (C=O) groups excluding carboxylic acids is 1. The Morgan fingerprint density at radius 3 is 2.60 bits per heavy atom. The number of nitro groups is 1. The molecule has 15 heavy (non-hydrogen) atoms. The molecule has 0 bridgehead atoms. The summed E-state index contributed by atoms with van der Waals surface area (Å²) in [5.74, 6) is 0.0122. The summed E-state index contributed by atoms with van der Waals surface area (Å²) in [7, 11) is 0. The smallest absolute Gasteiger partial charge is 0.282 e. The number of ketones is 1. The van der Waals surface area contributed by atoms with Crippen LogP contribution in [0.3, 0.4) is 0 Å². The molecule has 1 aromatic carbocycles. The molecule has 0 fully saturated rings. The van der Waals surface area contributed by atoms with Crippen LogP contribution in [0.15, 0.2) is 29.2 Å². The monoisotopic (exact) mass is 225 g/mol. The van der Waals surface area contributed by atoms with Gasteiger partial charge in [0.05, 0.1) is 15.1 Å². The van der Waals surface area contributed by atoms with E-state index in [2.05, 4.69) is 0 Å². The van der Waals surface area contributed by atoms with Crippen molar-refractivity contribution in [3.63, 3.8) is 0 Å². The Morgan fingerprint density at radius 1 is 1.47 bits per heavy atom. The Bertz CT molecular complexity index is 392. The molecule has 0 heterocycles. The molecule has 0 spiro atoms. The fourth-order valence-corrected chi connectivity index (χ4v) is 1.95. The molecule has 0 saturated heterocycles. The Morgan fingerprint density at radius 2 is 2.07 bits per heavy atom. The van der Waals surface area contributed by atoms with Crippen LogP contribution in [0.1, 0.15) is 13.8 Å². The zero-order valence-electron chi connectivity index (χ0n) is 8.47. The lowest BCUT2D eigenvalue weighted by Crippen LogP contribution is -2.08. The van der Waals surface area contributed by atoms with E-state index in [1.807, 2.05) is 0 Å². The van der Waals surface area contributed by atoms with Gasteiger partial charge in [0.15, 0.2) is 0 Å². The molecule has 0 aliphatic rings. The van der Waals surface area contributed by atoms with Crippen LogP contribution in [-0.2, 0) is 4.79 Å². The standard InChI is InChI=1S/C10H11NO3S/c1-7(12)8(2)15-10-6-4-3-5-9(10)11(13)14/h3-6,8H,1-2H3. The minimum Gasteiger partial charge on any atom is -0.299 e. The summed E-state index contributed by atoms with van der Waals surface area (Å²) in [6.07, 6.45) is 0. The molecule has 80 valence electrons. The second kappa shape index (κ2) is 4.93. The molecule has 0 aliphatic heterocycles. The van der Waals surface area contributed by atoms with Gasteiger partial charge in [-0.15, -0.1) is 11.8 Å². The zero-order chi connectivity index (χ0) is 11.4. The molecule has 1 atom stereocenters. The van der Waals surface area contributed by atoms with Gasteiger partial charge in [-0.1, -0.05) is 12.1 Å². The topological polar surface area (TPSA) is 60.2 Å². The number of rotatable bonds is 4. The SMILES string of the molecule is CC(=O)C(C)Sc1ccccc1[N+](=O)[O-]. The highest BCUT2D eigenvalue weighted by Crippen LogP contribution is 2.31. The minimum absolute atomic E-state index is 0.0122. The highest BCUT2D eigenvalue weighted by atomic mass is 32.2.